The molecule has 0 bridgehead atoms. The van der Waals surface area contributed by atoms with Crippen LogP contribution in [-0.4, -0.2) is 37.2 Å². The van der Waals surface area contributed by atoms with Crippen molar-refractivity contribution in [3.8, 4) is 0 Å². The number of ether oxygens (including phenoxy) is 1. The van der Waals surface area contributed by atoms with Crippen LogP contribution in [0.2, 0.25) is 0 Å². The molecule has 11 heavy (non-hydrogen) atoms. The van der Waals surface area contributed by atoms with Crippen LogP contribution in [0.1, 0.15) is 26.7 Å². The molecular weight excluding hydrogens is 138 g/mol. The molecule has 2 nitrogen and oxygen atoms in total. The standard InChI is InChI=1S/C9H19NO/c1-7-5-6-9(10(3)4)8(2)11-7/h7-9H,5-6H2,1-4H3/t7?,8-,9-/m0/s1. The lowest BCUT2D eigenvalue weighted by Gasteiger charge is -2.37. The summed E-state index contributed by atoms with van der Waals surface area (Å²) in [7, 11) is 4.25. The molecule has 0 spiro atoms. The lowest BCUT2D eigenvalue weighted by Crippen LogP contribution is -2.44. The molecule has 0 aliphatic carbocycles. The van der Waals surface area contributed by atoms with Crippen LogP contribution in [0, 0.1) is 0 Å². The van der Waals surface area contributed by atoms with Crippen LogP contribution in [0.3, 0.4) is 0 Å². The van der Waals surface area contributed by atoms with Gasteiger partial charge in [-0.3, -0.25) is 0 Å². The molecule has 1 saturated heterocycles. The summed E-state index contributed by atoms with van der Waals surface area (Å²) in [4.78, 5) is 2.26. The van der Waals surface area contributed by atoms with Gasteiger partial charge in [-0.15, -0.1) is 0 Å². The van der Waals surface area contributed by atoms with Crippen LogP contribution in [0.15, 0.2) is 0 Å². The fourth-order valence-electron chi connectivity index (χ4n) is 1.84. The average Bonchev–Trinajstić information content (AvgIpc) is 1.85. The summed E-state index contributed by atoms with van der Waals surface area (Å²) >= 11 is 0. The second-order valence-corrected chi connectivity index (χ2v) is 3.76. The summed E-state index contributed by atoms with van der Waals surface area (Å²) in [6.07, 6.45) is 3.33. The van der Waals surface area contributed by atoms with Gasteiger partial charge in [0.25, 0.3) is 0 Å². The van der Waals surface area contributed by atoms with Crippen molar-refractivity contribution >= 4 is 0 Å². The fourth-order valence-corrected chi connectivity index (χ4v) is 1.84. The highest BCUT2D eigenvalue weighted by molar-refractivity contribution is 4.79. The van der Waals surface area contributed by atoms with Gasteiger partial charge in [0.15, 0.2) is 0 Å². The van der Waals surface area contributed by atoms with Crippen molar-refractivity contribution in [2.75, 3.05) is 14.1 Å². The average molecular weight is 157 g/mol. The molecule has 66 valence electrons. The third kappa shape index (κ3) is 2.17. The number of hydrogen-bond acceptors (Lipinski definition) is 2. The number of rotatable bonds is 1. The Morgan fingerprint density at radius 2 is 1.82 bits per heavy atom. The zero-order valence-electron chi connectivity index (χ0n) is 8.00. The SMILES string of the molecule is CC1CC[C@H](N(C)C)[C@H](C)O1. The minimum atomic E-state index is 0.397. The second-order valence-electron chi connectivity index (χ2n) is 3.76. The molecule has 1 aliphatic heterocycles. The van der Waals surface area contributed by atoms with Crippen molar-refractivity contribution < 1.29 is 4.74 Å². The third-order valence-corrected chi connectivity index (χ3v) is 2.52. The highest BCUT2D eigenvalue weighted by atomic mass is 16.5. The van der Waals surface area contributed by atoms with Crippen molar-refractivity contribution in [1.82, 2.24) is 4.90 Å². The Hall–Kier alpha value is -0.0800. The molecule has 0 N–H and O–H groups in total. The minimum Gasteiger partial charge on any atom is -0.374 e. The summed E-state index contributed by atoms with van der Waals surface area (Å²) in [5.74, 6) is 0. The van der Waals surface area contributed by atoms with E-state index >= 15 is 0 Å². The summed E-state index contributed by atoms with van der Waals surface area (Å²) in [5, 5.41) is 0. The van der Waals surface area contributed by atoms with Gasteiger partial charge in [0, 0.05) is 6.04 Å². The van der Waals surface area contributed by atoms with E-state index in [4.69, 9.17) is 4.74 Å². The first kappa shape index (κ1) is 9.01. The molecule has 1 unspecified atom stereocenters. The third-order valence-electron chi connectivity index (χ3n) is 2.52. The fraction of sp³-hybridized carbons (Fsp3) is 1.00. The van der Waals surface area contributed by atoms with E-state index in [2.05, 4.69) is 32.8 Å². The summed E-state index contributed by atoms with van der Waals surface area (Å²) < 4.78 is 5.72. The predicted octanol–water partition coefficient (Wildman–Crippen LogP) is 1.50. The van der Waals surface area contributed by atoms with Crippen LogP contribution in [0.25, 0.3) is 0 Å². The first-order valence-corrected chi connectivity index (χ1v) is 4.43. The van der Waals surface area contributed by atoms with Gasteiger partial charge in [0.2, 0.25) is 0 Å². The molecule has 0 saturated carbocycles. The maximum absolute atomic E-state index is 5.72. The van der Waals surface area contributed by atoms with E-state index in [0.29, 0.717) is 18.2 Å². The van der Waals surface area contributed by atoms with Crippen LogP contribution >= 0.6 is 0 Å². The van der Waals surface area contributed by atoms with Gasteiger partial charge in [0.05, 0.1) is 12.2 Å². The number of likely N-dealkylation sites (N-methyl/N-ethyl adjacent to an activating group) is 1. The molecule has 0 amide bonds. The second kappa shape index (κ2) is 3.55. The van der Waals surface area contributed by atoms with E-state index < -0.39 is 0 Å². The van der Waals surface area contributed by atoms with Crippen LogP contribution in [0.4, 0.5) is 0 Å². The predicted molar refractivity (Wildman–Crippen MR) is 46.7 cm³/mol. The summed E-state index contributed by atoms with van der Waals surface area (Å²) in [6.45, 7) is 4.32. The van der Waals surface area contributed by atoms with Crippen molar-refractivity contribution in [3.63, 3.8) is 0 Å². The van der Waals surface area contributed by atoms with Crippen molar-refractivity contribution in [1.29, 1.82) is 0 Å². The highest BCUT2D eigenvalue weighted by Gasteiger charge is 2.26. The lowest BCUT2D eigenvalue weighted by molar-refractivity contribution is -0.0721. The zero-order valence-corrected chi connectivity index (χ0v) is 8.00. The largest absolute Gasteiger partial charge is 0.374 e. The highest BCUT2D eigenvalue weighted by Crippen LogP contribution is 2.21. The first-order chi connectivity index (χ1) is 5.11. The van der Waals surface area contributed by atoms with Crippen molar-refractivity contribution in [3.05, 3.63) is 0 Å². The molecule has 3 atom stereocenters. The topological polar surface area (TPSA) is 12.5 Å². The Bertz CT molecular complexity index is 125. The Morgan fingerprint density at radius 3 is 2.27 bits per heavy atom. The van der Waals surface area contributed by atoms with Gasteiger partial charge in [0.1, 0.15) is 0 Å². The van der Waals surface area contributed by atoms with E-state index in [1.165, 1.54) is 12.8 Å². The molecule has 0 aromatic carbocycles. The smallest absolute Gasteiger partial charge is 0.0705 e. The van der Waals surface area contributed by atoms with Crippen molar-refractivity contribution in [2.45, 2.75) is 44.9 Å². The van der Waals surface area contributed by atoms with E-state index in [9.17, 15) is 0 Å². The van der Waals surface area contributed by atoms with Gasteiger partial charge < -0.3 is 9.64 Å². The maximum Gasteiger partial charge on any atom is 0.0705 e. The summed E-state index contributed by atoms with van der Waals surface area (Å²) in [5.41, 5.74) is 0. The Labute approximate surface area is 69.5 Å². The van der Waals surface area contributed by atoms with Crippen LogP contribution in [-0.2, 0) is 4.74 Å². The maximum atomic E-state index is 5.72. The molecule has 2 heteroatoms. The number of hydrogen-bond donors (Lipinski definition) is 0. The van der Waals surface area contributed by atoms with Gasteiger partial charge in [-0.05, 0) is 40.8 Å². The molecule has 0 aromatic heterocycles. The minimum absolute atomic E-state index is 0.397. The van der Waals surface area contributed by atoms with Gasteiger partial charge in [-0.1, -0.05) is 0 Å². The van der Waals surface area contributed by atoms with Crippen molar-refractivity contribution in [2.24, 2.45) is 0 Å². The Kier molecular flexibility index (Phi) is 2.90. The zero-order chi connectivity index (χ0) is 8.43. The van der Waals surface area contributed by atoms with E-state index in [-0.39, 0.29) is 0 Å². The van der Waals surface area contributed by atoms with E-state index in [1.807, 2.05) is 0 Å². The van der Waals surface area contributed by atoms with Gasteiger partial charge in [-0.2, -0.15) is 0 Å². The van der Waals surface area contributed by atoms with Gasteiger partial charge in [-0.25, -0.2) is 0 Å². The Balaban J connectivity index is 2.44. The molecular formula is C9H19NO. The molecule has 1 fully saturated rings. The first-order valence-electron chi connectivity index (χ1n) is 4.43. The molecule has 1 aliphatic rings. The molecule has 0 radical (unpaired) electrons. The quantitative estimate of drug-likeness (QED) is 0.572. The molecule has 1 rings (SSSR count). The monoisotopic (exact) mass is 157 g/mol. The molecule has 0 aromatic rings. The normalized spacial score (nSPS) is 39.5. The van der Waals surface area contributed by atoms with E-state index in [1.54, 1.807) is 0 Å². The molecule has 1 heterocycles. The summed E-state index contributed by atoms with van der Waals surface area (Å²) in [6, 6.07) is 0.617. The Morgan fingerprint density at radius 1 is 1.18 bits per heavy atom. The van der Waals surface area contributed by atoms with E-state index in [0.717, 1.165) is 0 Å². The van der Waals surface area contributed by atoms with Gasteiger partial charge >= 0.3 is 0 Å². The van der Waals surface area contributed by atoms with Crippen LogP contribution < -0.4 is 0 Å². The van der Waals surface area contributed by atoms with Crippen LogP contribution in [0.5, 0.6) is 0 Å². The lowest BCUT2D eigenvalue weighted by atomic mass is 9.99. The number of nitrogens with zero attached hydrogens (tertiary/aromatic N) is 1.